The molecule has 0 aliphatic carbocycles. The van der Waals surface area contributed by atoms with Crippen molar-refractivity contribution in [3.05, 3.63) is 50.7 Å². The molecule has 3 heterocycles. The summed E-state index contributed by atoms with van der Waals surface area (Å²) in [6, 6.07) is 7.59. The van der Waals surface area contributed by atoms with Crippen molar-refractivity contribution in [2.24, 2.45) is 7.05 Å². The number of aliphatic hydroxyl groups is 1. The minimum Gasteiger partial charge on any atom is -0.491 e. The highest BCUT2D eigenvalue weighted by Gasteiger charge is 2.25. The van der Waals surface area contributed by atoms with Crippen LogP contribution >= 0.6 is 0 Å². The molecule has 0 radical (unpaired) electrons. The first-order valence-corrected chi connectivity index (χ1v) is 9.76. The summed E-state index contributed by atoms with van der Waals surface area (Å²) < 4.78 is 8.70. The summed E-state index contributed by atoms with van der Waals surface area (Å²) in [7, 11) is 1.57. The maximum absolute atomic E-state index is 12.5. The van der Waals surface area contributed by atoms with Crippen molar-refractivity contribution < 1.29 is 9.84 Å². The molecular weight excluding hydrogens is 374 g/mol. The lowest BCUT2D eigenvalue weighted by molar-refractivity contribution is 0.0936. The molecule has 1 aliphatic rings. The number of H-pyrrole nitrogens is 1. The van der Waals surface area contributed by atoms with E-state index in [1.54, 1.807) is 11.6 Å². The number of aromatic amines is 1. The summed E-state index contributed by atoms with van der Waals surface area (Å²) >= 11 is 0. The molecule has 0 spiro atoms. The molecule has 1 unspecified atom stereocenters. The normalized spacial score (nSPS) is 15.2. The number of nitrogens with one attached hydrogen (secondary N) is 1. The van der Waals surface area contributed by atoms with Gasteiger partial charge in [-0.2, -0.15) is 4.98 Å². The molecule has 2 N–H and O–H groups in total. The second-order valence-electron chi connectivity index (χ2n) is 7.48. The first-order valence-electron chi connectivity index (χ1n) is 9.76. The molecule has 1 atom stereocenters. The Morgan fingerprint density at radius 2 is 1.90 bits per heavy atom. The van der Waals surface area contributed by atoms with Gasteiger partial charge in [-0.3, -0.25) is 14.3 Å². The smallest absolute Gasteiger partial charge is 0.329 e. The van der Waals surface area contributed by atoms with Crippen molar-refractivity contribution in [2.45, 2.75) is 32.4 Å². The third-order valence-corrected chi connectivity index (χ3v) is 5.23. The van der Waals surface area contributed by atoms with Crippen molar-refractivity contribution in [3.63, 3.8) is 0 Å². The average molecular weight is 399 g/mol. The van der Waals surface area contributed by atoms with Gasteiger partial charge in [0.2, 0.25) is 5.95 Å². The lowest BCUT2D eigenvalue weighted by atomic mass is 10.2. The number of ether oxygens (including phenoxy) is 1. The van der Waals surface area contributed by atoms with Gasteiger partial charge >= 0.3 is 5.69 Å². The molecule has 1 fully saturated rings. The van der Waals surface area contributed by atoms with Crippen molar-refractivity contribution >= 4 is 17.1 Å². The predicted octanol–water partition coefficient (Wildman–Crippen LogP) is 0.772. The molecule has 4 rings (SSSR count). The zero-order chi connectivity index (χ0) is 20.5. The molecule has 1 aromatic carbocycles. The van der Waals surface area contributed by atoms with Crippen LogP contribution in [0.4, 0.5) is 5.95 Å². The standard InChI is InChI=1S/C20H25N5O4/c1-13-5-7-15(8-6-13)29-12-14(26)11-25-16-17(23(2)20(28)22-18(16)27)21-19(25)24-9-3-4-10-24/h5-8,14,26H,3-4,9-12H2,1-2H3,(H,22,27,28). The number of hydrogen-bond acceptors (Lipinski definition) is 6. The molecule has 3 aromatic rings. The fourth-order valence-corrected chi connectivity index (χ4v) is 3.64. The fraction of sp³-hybridized carbons (Fsp3) is 0.450. The summed E-state index contributed by atoms with van der Waals surface area (Å²) in [5.41, 5.74) is 0.703. The summed E-state index contributed by atoms with van der Waals surface area (Å²) in [4.78, 5) is 33.5. The molecule has 9 heteroatoms. The van der Waals surface area contributed by atoms with Crippen LogP contribution in [0, 0.1) is 6.92 Å². The Morgan fingerprint density at radius 1 is 1.21 bits per heavy atom. The van der Waals surface area contributed by atoms with Crippen LogP contribution in [0.5, 0.6) is 5.75 Å². The van der Waals surface area contributed by atoms with E-state index >= 15 is 0 Å². The van der Waals surface area contributed by atoms with E-state index in [4.69, 9.17) is 4.74 Å². The van der Waals surface area contributed by atoms with Gasteiger partial charge < -0.3 is 19.3 Å². The minimum absolute atomic E-state index is 0.0752. The number of aryl methyl sites for hydroxylation is 2. The Morgan fingerprint density at radius 3 is 2.59 bits per heavy atom. The summed E-state index contributed by atoms with van der Waals surface area (Å²) in [5.74, 6) is 1.27. The van der Waals surface area contributed by atoms with Crippen LogP contribution in [0.1, 0.15) is 18.4 Å². The van der Waals surface area contributed by atoms with Crippen LogP contribution < -0.4 is 20.9 Å². The van der Waals surface area contributed by atoms with Gasteiger partial charge in [0.1, 0.15) is 18.5 Å². The summed E-state index contributed by atoms with van der Waals surface area (Å²) in [6.45, 7) is 3.85. The maximum Gasteiger partial charge on any atom is 0.329 e. The first-order chi connectivity index (χ1) is 13.9. The molecular formula is C20H25N5O4. The van der Waals surface area contributed by atoms with Crippen LogP contribution in [0.25, 0.3) is 11.2 Å². The van der Waals surface area contributed by atoms with E-state index < -0.39 is 17.4 Å². The van der Waals surface area contributed by atoms with Gasteiger partial charge in [0.25, 0.3) is 5.56 Å². The van der Waals surface area contributed by atoms with Gasteiger partial charge in [0.15, 0.2) is 11.2 Å². The van der Waals surface area contributed by atoms with Crippen LogP contribution in [-0.4, -0.2) is 50.0 Å². The number of anilines is 1. The number of aromatic nitrogens is 4. The van der Waals surface area contributed by atoms with Crippen molar-refractivity contribution in [1.82, 2.24) is 19.1 Å². The molecule has 154 valence electrons. The van der Waals surface area contributed by atoms with E-state index in [1.165, 1.54) is 4.57 Å². The highest BCUT2D eigenvalue weighted by molar-refractivity contribution is 5.74. The Labute approximate surface area is 167 Å². The van der Waals surface area contributed by atoms with Gasteiger partial charge in [-0.15, -0.1) is 0 Å². The van der Waals surface area contributed by atoms with Crippen LogP contribution in [0.2, 0.25) is 0 Å². The lowest BCUT2D eigenvalue weighted by Gasteiger charge is -2.20. The van der Waals surface area contributed by atoms with E-state index in [2.05, 4.69) is 14.9 Å². The van der Waals surface area contributed by atoms with E-state index in [9.17, 15) is 14.7 Å². The molecule has 0 bridgehead atoms. The first kappa shape index (κ1) is 19.3. The van der Waals surface area contributed by atoms with E-state index in [-0.39, 0.29) is 18.7 Å². The monoisotopic (exact) mass is 399 g/mol. The fourth-order valence-electron chi connectivity index (χ4n) is 3.64. The molecule has 2 aromatic heterocycles. The van der Waals surface area contributed by atoms with Crippen molar-refractivity contribution in [3.8, 4) is 5.75 Å². The molecule has 0 saturated carbocycles. The quantitative estimate of drug-likeness (QED) is 0.634. The molecule has 29 heavy (non-hydrogen) atoms. The third kappa shape index (κ3) is 3.77. The number of benzene rings is 1. The Hall–Kier alpha value is -3.07. The zero-order valence-corrected chi connectivity index (χ0v) is 16.6. The molecule has 1 saturated heterocycles. The van der Waals surface area contributed by atoms with E-state index in [0.717, 1.165) is 31.5 Å². The van der Waals surface area contributed by atoms with Gasteiger partial charge in [-0.05, 0) is 31.9 Å². The summed E-state index contributed by atoms with van der Waals surface area (Å²) in [6.07, 6.45) is 1.22. The van der Waals surface area contributed by atoms with Gasteiger partial charge in [0, 0.05) is 20.1 Å². The number of nitrogens with zero attached hydrogens (tertiary/aromatic N) is 4. The molecule has 0 amide bonds. The van der Waals surface area contributed by atoms with Crippen molar-refractivity contribution in [1.29, 1.82) is 0 Å². The van der Waals surface area contributed by atoms with Gasteiger partial charge in [-0.1, -0.05) is 17.7 Å². The largest absolute Gasteiger partial charge is 0.491 e. The average Bonchev–Trinajstić information content (AvgIpc) is 3.34. The minimum atomic E-state index is -0.855. The summed E-state index contributed by atoms with van der Waals surface area (Å²) in [5, 5.41) is 10.6. The van der Waals surface area contributed by atoms with Gasteiger partial charge in [0.05, 0.1) is 6.54 Å². The maximum atomic E-state index is 12.5. The number of imidazole rings is 1. The molecule has 1 aliphatic heterocycles. The van der Waals surface area contributed by atoms with E-state index in [0.29, 0.717) is 17.3 Å². The number of hydrogen-bond donors (Lipinski definition) is 2. The SMILES string of the molecule is Cc1ccc(OCC(O)Cn2c(N3CCCC3)nc3c2c(=O)[nH]c(=O)n3C)cc1. The zero-order valence-electron chi connectivity index (χ0n) is 16.6. The second kappa shape index (κ2) is 7.75. The van der Waals surface area contributed by atoms with Crippen LogP contribution in [0.3, 0.4) is 0 Å². The number of aliphatic hydroxyl groups excluding tert-OH is 1. The van der Waals surface area contributed by atoms with E-state index in [1.807, 2.05) is 31.2 Å². The Kier molecular flexibility index (Phi) is 5.14. The van der Waals surface area contributed by atoms with Gasteiger partial charge in [-0.25, -0.2) is 4.79 Å². The van der Waals surface area contributed by atoms with Crippen molar-refractivity contribution in [2.75, 3.05) is 24.6 Å². The topological polar surface area (TPSA) is 105 Å². The predicted molar refractivity (Wildman–Crippen MR) is 110 cm³/mol. The highest BCUT2D eigenvalue weighted by atomic mass is 16.5. The highest BCUT2D eigenvalue weighted by Crippen LogP contribution is 2.23. The number of fused-ring (bicyclic) bond motifs is 1. The Balaban J connectivity index is 1.65. The third-order valence-electron chi connectivity index (χ3n) is 5.23. The second-order valence-corrected chi connectivity index (χ2v) is 7.48. The Bertz CT molecular complexity index is 1120. The molecule has 9 nitrogen and oxygen atoms in total. The van der Waals surface area contributed by atoms with Crippen LogP contribution in [-0.2, 0) is 13.6 Å². The lowest BCUT2D eigenvalue weighted by Crippen LogP contribution is -2.31. The number of rotatable bonds is 6. The van der Waals surface area contributed by atoms with Crippen LogP contribution in [0.15, 0.2) is 33.9 Å².